The van der Waals surface area contributed by atoms with Crippen LogP contribution in [0.15, 0.2) is 72.9 Å². The van der Waals surface area contributed by atoms with Crippen molar-refractivity contribution >= 4 is 16.6 Å². The van der Waals surface area contributed by atoms with E-state index < -0.39 is 6.10 Å². The number of fused-ring (bicyclic) bond motifs is 3. The zero-order chi connectivity index (χ0) is 14.9. The molecule has 4 aromatic rings. The van der Waals surface area contributed by atoms with Gasteiger partial charge in [0, 0.05) is 12.6 Å². The summed E-state index contributed by atoms with van der Waals surface area (Å²) in [6.45, 7) is 0. The molecule has 4 rings (SSSR count). The summed E-state index contributed by atoms with van der Waals surface area (Å²) in [5, 5.41) is 10.5. The summed E-state index contributed by atoms with van der Waals surface area (Å²) in [6.07, 6.45) is 1.99. The fraction of sp³-hybridized carbons (Fsp3) is 0.105. The number of hydrogen-bond donors (Lipinski definition) is 1. The van der Waals surface area contributed by atoms with E-state index >= 15 is 0 Å². The van der Waals surface area contributed by atoms with Crippen LogP contribution in [0.3, 0.4) is 0 Å². The summed E-state index contributed by atoms with van der Waals surface area (Å²) >= 11 is 0. The highest BCUT2D eigenvalue weighted by molar-refractivity contribution is 5.79. The molecule has 3 nitrogen and oxygen atoms in total. The van der Waals surface area contributed by atoms with Gasteiger partial charge in [-0.15, -0.1) is 0 Å². The second kappa shape index (κ2) is 5.28. The van der Waals surface area contributed by atoms with Gasteiger partial charge in [0.2, 0.25) is 0 Å². The maximum Gasteiger partial charge on any atom is 0.0874 e. The van der Waals surface area contributed by atoms with Crippen LogP contribution in [-0.2, 0) is 6.42 Å². The van der Waals surface area contributed by atoms with E-state index in [0.717, 1.165) is 27.8 Å². The van der Waals surface area contributed by atoms with Crippen LogP contribution in [-0.4, -0.2) is 14.5 Å². The minimum absolute atomic E-state index is 0.502. The number of rotatable bonds is 3. The maximum absolute atomic E-state index is 10.5. The fourth-order valence-electron chi connectivity index (χ4n) is 2.92. The predicted molar refractivity (Wildman–Crippen MR) is 87.8 cm³/mol. The van der Waals surface area contributed by atoms with Crippen molar-refractivity contribution in [2.24, 2.45) is 0 Å². The highest BCUT2D eigenvalue weighted by Crippen LogP contribution is 2.23. The van der Waals surface area contributed by atoms with Gasteiger partial charge in [-0.2, -0.15) is 0 Å². The van der Waals surface area contributed by atoms with Crippen molar-refractivity contribution in [3.63, 3.8) is 0 Å². The molecule has 0 fully saturated rings. The first-order valence-electron chi connectivity index (χ1n) is 7.40. The zero-order valence-corrected chi connectivity index (χ0v) is 12.1. The number of benzene rings is 2. The topological polar surface area (TPSA) is 37.5 Å². The quantitative estimate of drug-likeness (QED) is 0.623. The average molecular weight is 288 g/mol. The molecule has 3 heteroatoms. The van der Waals surface area contributed by atoms with Gasteiger partial charge >= 0.3 is 0 Å². The van der Waals surface area contributed by atoms with E-state index in [1.165, 1.54) is 0 Å². The van der Waals surface area contributed by atoms with Crippen molar-refractivity contribution in [2.45, 2.75) is 12.5 Å². The summed E-state index contributed by atoms with van der Waals surface area (Å²) in [5.41, 5.74) is 4.91. The van der Waals surface area contributed by atoms with Crippen molar-refractivity contribution < 1.29 is 5.11 Å². The van der Waals surface area contributed by atoms with Gasteiger partial charge in [-0.05, 0) is 29.8 Å². The van der Waals surface area contributed by atoms with Crippen LogP contribution in [0, 0.1) is 0 Å². The highest BCUT2D eigenvalue weighted by Gasteiger charge is 2.13. The molecule has 2 aromatic heterocycles. The van der Waals surface area contributed by atoms with E-state index in [2.05, 4.69) is 10.5 Å². The summed E-state index contributed by atoms with van der Waals surface area (Å²) < 4.78 is 2.13. The smallest absolute Gasteiger partial charge is 0.0874 e. The Morgan fingerprint density at radius 1 is 0.864 bits per heavy atom. The van der Waals surface area contributed by atoms with Crippen LogP contribution in [0.2, 0.25) is 0 Å². The molecule has 0 radical (unpaired) electrons. The molecule has 0 amide bonds. The molecular weight excluding hydrogens is 272 g/mol. The lowest BCUT2D eigenvalue weighted by molar-refractivity contribution is 0.177. The van der Waals surface area contributed by atoms with E-state index in [1.54, 1.807) is 0 Å². The highest BCUT2D eigenvalue weighted by atomic mass is 16.3. The molecule has 0 unspecified atom stereocenters. The maximum atomic E-state index is 10.5. The molecule has 0 spiro atoms. The van der Waals surface area contributed by atoms with Gasteiger partial charge < -0.3 is 9.51 Å². The molecule has 0 saturated heterocycles. The molecule has 1 N–H and O–H groups in total. The third kappa shape index (κ3) is 2.16. The van der Waals surface area contributed by atoms with E-state index in [1.807, 2.05) is 66.9 Å². The minimum Gasteiger partial charge on any atom is -0.388 e. The SMILES string of the molecule is O[C@H](Cc1nc2ccccc2n2cccc12)c1ccccc1. The van der Waals surface area contributed by atoms with E-state index in [9.17, 15) is 5.11 Å². The van der Waals surface area contributed by atoms with Crippen LogP contribution in [0.5, 0.6) is 0 Å². The number of aliphatic hydroxyl groups is 1. The molecule has 0 bridgehead atoms. The summed E-state index contributed by atoms with van der Waals surface area (Å²) in [7, 11) is 0. The molecule has 22 heavy (non-hydrogen) atoms. The van der Waals surface area contributed by atoms with Crippen molar-refractivity contribution in [1.82, 2.24) is 9.38 Å². The Bertz CT molecular complexity index is 928. The summed E-state index contributed by atoms with van der Waals surface area (Å²) in [5.74, 6) is 0. The van der Waals surface area contributed by atoms with Gasteiger partial charge in [0.25, 0.3) is 0 Å². The first-order valence-corrected chi connectivity index (χ1v) is 7.40. The summed E-state index contributed by atoms with van der Waals surface area (Å²) in [6, 6.07) is 21.9. The molecule has 0 saturated carbocycles. The van der Waals surface area contributed by atoms with Crippen LogP contribution < -0.4 is 0 Å². The van der Waals surface area contributed by atoms with Crippen molar-refractivity contribution in [2.75, 3.05) is 0 Å². The Morgan fingerprint density at radius 3 is 2.45 bits per heavy atom. The van der Waals surface area contributed by atoms with Crippen LogP contribution in [0.25, 0.3) is 16.6 Å². The van der Waals surface area contributed by atoms with Gasteiger partial charge in [0.05, 0.1) is 28.3 Å². The lowest BCUT2D eigenvalue weighted by Gasteiger charge is -2.13. The zero-order valence-electron chi connectivity index (χ0n) is 12.1. The molecule has 108 valence electrons. The lowest BCUT2D eigenvalue weighted by Crippen LogP contribution is -2.05. The molecule has 0 aliphatic heterocycles. The molecular formula is C19H16N2O. The largest absolute Gasteiger partial charge is 0.388 e. The molecule has 2 heterocycles. The second-order valence-corrected chi connectivity index (χ2v) is 5.44. The van der Waals surface area contributed by atoms with E-state index in [4.69, 9.17) is 4.98 Å². The van der Waals surface area contributed by atoms with E-state index in [-0.39, 0.29) is 0 Å². The van der Waals surface area contributed by atoms with Gasteiger partial charge in [0.15, 0.2) is 0 Å². The van der Waals surface area contributed by atoms with Crippen molar-refractivity contribution in [3.8, 4) is 0 Å². The summed E-state index contributed by atoms with van der Waals surface area (Å²) in [4.78, 5) is 4.76. The number of aliphatic hydroxyl groups excluding tert-OH is 1. The normalized spacial score (nSPS) is 12.8. The van der Waals surface area contributed by atoms with E-state index in [0.29, 0.717) is 6.42 Å². The average Bonchev–Trinajstić information content (AvgIpc) is 3.06. The van der Waals surface area contributed by atoms with Crippen LogP contribution in [0.4, 0.5) is 0 Å². The van der Waals surface area contributed by atoms with Gasteiger partial charge in [-0.3, -0.25) is 0 Å². The van der Waals surface area contributed by atoms with Crippen molar-refractivity contribution in [3.05, 3.63) is 84.2 Å². The lowest BCUT2D eigenvalue weighted by atomic mass is 10.0. The van der Waals surface area contributed by atoms with Crippen molar-refractivity contribution in [1.29, 1.82) is 0 Å². The van der Waals surface area contributed by atoms with Gasteiger partial charge in [-0.1, -0.05) is 42.5 Å². The fourth-order valence-corrected chi connectivity index (χ4v) is 2.92. The second-order valence-electron chi connectivity index (χ2n) is 5.44. The first kappa shape index (κ1) is 13.0. The Labute approximate surface area is 128 Å². The van der Waals surface area contributed by atoms with Crippen LogP contribution in [0.1, 0.15) is 17.4 Å². The van der Waals surface area contributed by atoms with Gasteiger partial charge in [-0.25, -0.2) is 4.98 Å². The van der Waals surface area contributed by atoms with Gasteiger partial charge in [0.1, 0.15) is 0 Å². The molecule has 2 aromatic carbocycles. The monoisotopic (exact) mass is 288 g/mol. The number of para-hydroxylation sites is 2. The third-order valence-corrected chi connectivity index (χ3v) is 4.01. The number of nitrogens with zero attached hydrogens (tertiary/aromatic N) is 2. The number of aromatic nitrogens is 2. The number of hydrogen-bond acceptors (Lipinski definition) is 2. The molecule has 0 aliphatic carbocycles. The minimum atomic E-state index is -0.548. The molecule has 1 atom stereocenters. The standard InChI is InChI=1S/C19H16N2O/c22-19(14-7-2-1-3-8-14)13-16-18-11-6-12-21(18)17-10-5-4-9-15(17)20-16/h1-12,19,22H,13H2/t19-/m1/s1. The Hall–Kier alpha value is -2.65. The predicted octanol–water partition coefficient (Wildman–Crippen LogP) is 3.76. The molecule has 0 aliphatic rings. The van der Waals surface area contributed by atoms with Crippen LogP contribution >= 0.6 is 0 Å². The Kier molecular flexibility index (Phi) is 3.13. The Morgan fingerprint density at radius 2 is 1.59 bits per heavy atom. The first-order chi connectivity index (χ1) is 10.8. The third-order valence-electron chi connectivity index (χ3n) is 4.01. The Balaban J connectivity index is 1.82.